The number of hydrogen-bond donors (Lipinski definition) is 1. The zero-order chi connectivity index (χ0) is 22.1. The Morgan fingerprint density at radius 3 is 2.63 bits per heavy atom. The van der Waals surface area contributed by atoms with E-state index in [0.717, 1.165) is 29.8 Å². The van der Waals surface area contributed by atoms with E-state index < -0.39 is 32.4 Å². The minimum Gasteiger partial charge on any atom is -0.490 e. The Morgan fingerprint density at radius 1 is 1.27 bits per heavy atom. The molecule has 10 heteroatoms. The van der Waals surface area contributed by atoms with Gasteiger partial charge in [0, 0.05) is 29.3 Å². The summed E-state index contributed by atoms with van der Waals surface area (Å²) >= 11 is 0. The number of sulfone groups is 1. The second-order valence-corrected chi connectivity index (χ2v) is 8.71. The number of hydrogen-bond acceptors (Lipinski definition) is 7. The van der Waals surface area contributed by atoms with Crippen molar-refractivity contribution < 1.29 is 27.3 Å². The van der Waals surface area contributed by atoms with Crippen LogP contribution in [-0.4, -0.2) is 32.1 Å². The van der Waals surface area contributed by atoms with Crippen LogP contribution in [0.3, 0.4) is 0 Å². The smallest absolute Gasteiger partial charge is 0.271 e. The first kappa shape index (κ1) is 21.3. The van der Waals surface area contributed by atoms with E-state index in [0.29, 0.717) is 23.7 Å². The maximum atomic E-state index is 12.7. The number of non-ortho nitro benzene ring substituents is 1. The number of nitro groups is 1. The van der Waals surface area contributed by atoms with Crippen LogP contribution in [0.1, 0.15) is 36.0 Å². The van der Waals surface area contributed by atoms with E-state index >= 15 is 0 Å². The van der Waals surface area contributed by atoms with Crippen molar-refractivity contribution in [2.75, 3.05) is 12.9 Å². The molecule has 1 unspecified atom stereocenters. The van der Waals surface area contributed by atoms with Gasteiger partial charge in [0.1, 0.15) is 5.76 Å². The number of carbonyl (C=O) groups is 1. The molecule has 3 rings (SSSR count). The Kier molecular flexibility index (Phi) is 5.79. The molecule has 1 amide bonds. The fourth-order valence-electron chi connectivity index (χ4n) is 2.92. The Labute approximate surface area is 172 Å². The van der Waals surface area contributed by atoms with Gasteiger partial charge in [-0.1, -0.05) is 12.1 Å². The van der Waals surface area contributed by atoms with Gasteiger partial charge in [0.15, 0.2) is 21.2 Å². The van der Waals surface area contributed by atoms with Gasteiger partial charge in [0.05, 0.1) is 22.5 Å². The summed E-state index contributed by atoms with van der Waals surface area (Å²) in [5.74, 6) is 0.372. The van der Waals surface area contributed by atoms with E-state index in [4.69, 9.17) is 9.15 Å². The summed E-state index contributed by atoms with van der Waals surface area (Å²) < 4.78 is 35.0. The maximum absolute atomic E-state index is 12.7. The van der Waals surface area contributed by atoms with Gasteiger partial charge in [-0.2, -0.15) is 0 Å². The van der Waals surface area contributed by atoms with Crippen LogP contribution in [0.15, 0.2) is 51.8 Å². The highest BCUT2D eigenvalue weighted by Gasteiger charge is 2.22. The van der Waals surface area contributed by atoms with Crippen LogP contribution in [0.25, 0.3) is 11.0 Å². The number of benzene rings is 2. The quantitative estimate of drug-likeness (QED) is 0.446. The molecule has 3 aromatic rings. The van der Waals surface area contributed by atoms with E-state index in [1.807, 2.05) is 19.1 Å². The summed E-state index contributed by atoms with van der Waals surface area (Å²) in [6.07, 6.45) is 0.917. The first-order chi connectivity index (χ1) is 14.1. The third-order valence-corrected chi connectivity index (χ3v) is 5.49. The molecule has 0 radical (unpaired) electrons. The Balaban J connectivity index is 1.90. The number of furan rings is 1. The zero-order valence-electron chi connectivity index (χ0n) is 16.5. The zero-order valence-corrected chi connectivity index (χ0v) is 17.4. The average molecular weight is 432 g/mol. The van der Waals surface area contributed by atoms with Gasteiger partial charge in [-0.15, -0.1) is 0 Å². The van der Waals surface area contributed by atoms with Crippen molar-refractivity contribution in [2.24, 2.45) is 0 Å². The van der Waals surface area contributed by atoms with Gasteiger partial charge in [0.25, 0.3) is 11.6 Å². The number of nitrogens with one attached hydrogen (secondary N) is 1. The monoisotopic (exact) mass is 432 g/mol. The number of rotatable bonds is 7. The molecular weight excluding hydrogens is 412 g/mol. The van der Waals surface area contributed by atoms with Crippen molar-refractivity contribution in [3.8, 4) is 5.75 Å². The summed E-state index contributed by atoms with van der Waals surface area (Å²) in [6, 6.07) is 9.68. The van der Waals surface area contributed by atoms with Crippen molar-refractivity contribution in [3.63, 3.8) is 0 Å². The summed E-state index contributed by atoms with van der Waals surface area (Å²) in [5.41, 5.74) is -0.0754. The number of amides is 1. The highest BCUT2D eigenvalue weighted by atomic mass is 32.2. The van der Waals surface area contributed by atoms with Crippen molar-refractivity contribution in [3.05, 3.63) is 63.9 Å². The van der Waals surface area contributed by atoms with Crippen LogP contribution in [0, 0.1) is 10.1 Å². The third kappa shape index (κ3) is 4.43. The van der Waals surface area contributed by atoms with E-state index in [9.17, 15) is 23.3 Å². The number of nitro benzene ring substituents is 1. The summed E-state index contributed by atoms with van der Waals surface area (Å²) in [5, 5.41) is 14.6. The molecule has 0 spiro atoms. The predicted molar refractivity (Wildman–Crippen MR) is 109 cm³/mol. The SMILES string of the molecule is CCOc1cccc2cc(C(C)NC(=O)c3cc([N+](=O)[O-])cc(S(C)(=O)=O)c3)oc12. The minimum absolute atomic E-state index is 0.136. The molecule has 9 nitrogen and oxygen atoms in total. The fourth-order valence-corrected chi connectivity index (χ4v) is 3.60. The summed E-state index contributed by atoms with van der Waals surface area (Å²) in [6.45, 7) is 4.01. The predicted octanol–water partition coefficient (Wildman–Crippen LogP) is 3.63. The van der Waals surface area contributed by atoms with Crippen LogP contribution in [0.2, 0.25) is 0 Å². The number of para-hydroxylation sites is 1. The molecule has 0 bridgehead atoms. The summed E-state index contributed by atoms with van der Waals surface area (Å²) in [4.78, 5) is 22.8. The van der Waals surface area contributed by atoms with Crippen LogP contribution < -0.4 is 10.1 Å². The molecule has 0 fully saturated rings. The topological polar surface area (TPSA) is 129 Å². The average Bonchev–Trinajstić information content (AvgIpc) is 3.12. The molecule has 0 aliphatic carbocycles. The second kappa shape index (κ2) is 8.15. The lowest BCUT2D eigenvalue weighted by atomic mass is 10.1. The molecule has 1 atom stereocenters. The van der Waals surface area contributed by atoms with Crippen molar-refractivity contribution >= 4 is 32.4 Å². The first-order valence-corrected chi connectivity index (χ1v) is 10.9. The van der Waals surface area contributed by atoms with Crippen molar-refractivity contribution in [2.45, 2.75) is 24.8 Å². The molecule has 1 N–H and O–H groups in total. The Hall–Kier alpha value is -3.40. The number of carbonyl (C=O) groups excluding carboxylic acids is 1. The lowest BCUT2D eigenvalue weighted by Gasteiger charge is -2.12. The third-order valence-electron chi connectivity index (χ3n) is 4.39. The highest BCUT2D eigenvalue weighted by molar-refractivity contribution is 7.90. The number of nitrogens with zero attached hydrogens (tertiary/aromatic N) is 1. The minimum atomic E-state index is -3.74. The molecule has 30 heavy (non-hydrogen) atoms. The molecule has 0 saturated carbocycles. The van der Waals surface area contributed by atoms with E-state index in [-0.39, 0.29) is 10.5 Å². The Bertz CT molecular complexity index is 1230. The molecule has 1 heterocycles. The van der Waals surface area contributed by atoms with Crippen LogP contribution in [-0.2, 0) is 9.84 Å². The Morgan fingerprint density at radius 2 is 2.00 bits per heavy atom. The lowest BCUT2D eigenvalue weighted by Crippen LogP contribution is -2.26. The van der Waals surface area contributed by atoms with Gasteiger partial charge in [-0.05, 0) is 32.0 Å². The molecule has 0 aliphatic rings. The van der Waals surface area contributed by atoms with Gasteiger partial charge in [0.2, 0.25) is 0 Å². The molecule has 158 valence electrons. The molecule has 1 aromatic heterocycles. The van der Waals surface area contributed by atoms with Crippen LogP contribution in [0.4, 0.5) is 5.69 Å². The number of ether oxygens (including phenoxy) is 1. The standard InChI is InChI=1S/C20H20N2O7S/c1-4-28-17-7-5-6-13-10-18(29-19(13)17)12(2)21-20(23)14-8-15(22(24)25)11-16(9-14)30(3,26)27/h5-12H,4H2,1-3H3,(H,21,23). The van der Waals surface area contributed by atoms with E-state index in [1.54, 1.807) is 19.1 Å². The first-order valence-electron chi connectivity index (χ1n) is 9.05. The summed E-state index contributed by atoms with van der Waals surface area (Å²) in [7, 11) is -3.74. The molecule has 0 saturated heterocycles. The largest absolute Gasteiger partial charge is 0.490 e. The number of fused-ring (bicyclic) bond motifs is 1. The lowest BCUT2D eigenvalue weighted by molar-refractivity contribution is -0.385. The maximum Gasteiger partial charge on any atom is 0.271 e. The van der Waals surface area contributed by atoms with Crippen molar-refractivity contribution in [1.29, 1.82) is 0 Å². The van der Waals surface area contributed by atoms with Crippen molar-refractivity contribution in [1.82, 2.24) is 5.32 Å². The fraction of sp³-hybridized carbons (Fsp3) is 0.250. The van der Waals surface area contributed by atoms with Crippen LogP contribution >= 0.6 is 0 Å². The van der Waals surface area contributed by atoms with Gasteiger partial charge in [-0.25, -0.2) is 8.42 Å². The van der Waals surface area contributed by atoms with E-state index in [1.165, 1.54) is 0 Å². The normalized spacial score (nSPS) is 12.5. The second-order valence-electron chi connectivity index (χ2n) is 6.70. The molecule has 0 aliphatic heterocycles. The molecule has 2 aromatic carbocycles. The molecular formula is C20H20N2O7S. The van der Waals surface area contributed by atoms with Gasteiger partial charge < -0.3 is 14.5 Å². The van der Waals surface area contributed by atoms with E-state index in [2.05, 4.69) is 5.32 Å². The van der Waals surface area contributed by atoms with Crippen LogP contribution in [0.5, 0.6) is 5.75 Å². The van der Waals surface area contributed by atoms with Gasteiger partial charge in [-0.3, -0.25) is 14.9 Å². The van der Waals surface area contributed by atoms with Gasteiger partial charge >= 0.3 is 0 Å². The highest BCUT2D eigenvalue weighted by Crippen LogP contribution is 2.31.